The highest BCUT2D eigenvalue weighted by Crippen LogP contribution is 2.10. The fourth-order valence-corrected chi connectivity index (χ4v) is 2.32. The second-order valence-electron chi connectivity index (χ2n) is 3.66. The highest BCUT2D eigenvalue weighted by atomic mass is 32.1. The molecule has 15 heavy (non-hydrogen) atoms. The third-order valence-corrected chi connectivity index (χ3v) is 3.60. The van der Waals surface area contributed by atoms with E-state index in [1.54, 1.807) is 4.57 Å². The Morgan fingerprint density at radius 3 is 2.53 bits per heavy atom. The van der Waals surface area contributed by atoms with Crippen molar-refractivity contribution in [3.63, 3.8) is 0 Å². The molecule has 0 amide bonds. The van der Waals surface area contributed by atoms with E-state index in [1.807, 2.05) is 20.8 Å². The van der Waals surface area contributed by atoms with Crippen molar-refractivity contribution in [3.05, 3.63) is 20.2 Å². The van der Waals surface area contributed by atoms with Crippen LogP contribution in [0.5, 0.6) is 0 Å². The van der Waals surface area contributed by atoms with Crippen LogP contribution >= 0.6 is 11.3 Å². The first-order chi connectivity index (χ1) is 7.06. The molecule has 1 heterocycles. The van der Waals surface area contributed by atoms with Crippen LogP contribution in [0.15, 0.2) is 4.79 Å². The zero-order chi connectivity index (χ0) is 11.4. The topological polar surface area (TPSA) is 39.1 Å². The number of hydrogen-bond donors (Lipinski definition) is 0. The number of aromatic nitrogens is 1. The molecule has 4 heteroatoms. The van der Waals surface area contributed by atoms with Crippen LogP contribution in [0.3, 0.4) is 0 Å². The van der Waals surface area contributed by atoms with Gasteiger partial charge in [0, 0.05) is 30.0 Å². The molecule has 0 saturated heterocycles. The minimum atomic E-state index is 0.0916. The van der Waals surface area contributed by atoms with Crippen LogP contribution in [-0.4, -0.2) is 10.4 Å². The van der Waals surface area contributed by atoms with E-state index >= 15 is 0 Å². The predicted molar refractivity (Wildman–Crippen MR) is 62.6 cm³/mol. The van der Waals surface area contributed by atoms with Crippen molar-refractivity contribution in [2.24, 2.45) is 0 Å². The SMILES string of the molecule is CCC(=O)CCCn1c(C)c(C)sc1=O. The molecule has 0 fully saturated rings. The van der Waals surface area contributed by atoms with Gasteiger partial charge in [-0.3, -0.25) is 9.59 Å². The van der Waals surface area contributed by atoms with Crippen molar-refractivity contribution in [1.82, 2.24) is 4.57 Å². The van der Waals surface area contributed by atoms with Crippen LogP contribution in [0.4, 0.5) is 0 Å². The molecule has 0 aromatic carbocycles. The number of aryl methyl sites for hydroxylation is 1. The molecule has 0 aliphatic rings. The first kappa shape index (κ1) is 12.2. The van der Waals surface area contributed by atoms with Gasteiger partial charge in [0.1, 0.15) is 5.78 Å². The molecular formula is C11H17NO2S. The highest BCUT2D eigenvalue weighted by molar-refractivity contribution is 7.09. The number of carbonyl (C=O) groups is 1. The normalized spacial score (nSPS) is 10.6. The van der Waals surface area contributed by atoms with Crippen LogP contribution in [0.1, 0.15) is 36.8 Å². The predicted octanol–water partition coefficient (Wildman–Crippen LogP) is 2.29. The van der Waals surface area contributed by atoms with Gasteiger partial charge in [0.05, 0.1) is 0 Å². The van der Waals surface area contributed by atoms with E-state index in [9.17, 15) is 9.59 Å². The van der Waals surface area contributed by atoms with Crippen molar-refractivity contribution in [2.75, 3.05) is 0 Å². The summed E-state index contributed by atoms with van der Waals surface area (Å²) < 4.78 is 1.77. The Kier molecular flexibility index (Phi) is 4.27. The number of Topliss-reactive ketones (excluding diaryl/α,β-unsaturated/α-hetero) is 1. The molecule has 0 bridgehead atoms. The minimum absolute atomic E-state index is 0.0916. The molecule has 0 aliphatic heterocycles. The largest absolute Gasteiger partial charge is 0.307 e. The molecule has 0 spiro atoms. The number of thiazole rings is 1. The van der Waals surface area contributed by atoms with Gasteiger partial charge in [0.15, 0.2) is 0 Å². The standard InChI is InChI=1S/C11H17NO2S/c1-4-10(13)6-5-7-12-8(2)9(3)15-11(12)14/h4-7H2,1-3H3. The van der Waals surface area contributed by atoms with Crippen LogP contribution in [0.25, 0.3) is 0 Å². The van der Waals surface area contributed by atoms with Gasteiger partial charge in [-0.2, -0.15) is 0 Å². The number of hydrogen-bond acceptors (Lipinski definition) is 3. The lowest BCUT2D eigenvalue weighted by molar-refractivity contribution is -0.118. The van der Waals surface area contributed by atoms with Gasteiger partial charge in [-0.15, -0.1) is 0 Å². The first-order valence-corrected chi connectivity index (χ1v) is 6.06. The van der Waals surface area contributed by atoms with Gasteiger partial charge < -0.3 is 4.57 Å². The summed E-state index contributed by atoms with van der Waals surface area (Å²) >= 11 is 1.28. The molecule has 1 aromatic rings. The smallest absolute Gasteiger partial charge is 0.303 e. The summed E-state index contributed by atoms with van der Waals surface area (Å²) in [6.45, 7) is 6.44. The van der Waals surface area contributed by atoms with E-state index in [-0.39, 0.29) is 10.7 Å². The summed E-state index contributed by atoms with van der Waals surface area (Å²) in [7, 11) is 0. The Balaban J connectivity index is 2.58. The summed E-state index contributed by atoms with van der Waals surface area (Å²) in [6, 6.07) is 0. The summed E-state index contributed by atoms with van der Waals surface area (Å²) in [6.07, 6.45) is 1.94. The maximum atomic E-state index is 11.5. The van der Waals surface area contributed by atoms with Gasteiger partial charge in [-0.25, -0.2) is 0 Å². The van der Waals surface area contributed by atoms with Gasteiger partial charge in [0.25, 0.3) is 0 Å². The van der Waals surface area contributed by atoms with Crippen LogP contribution in [0.2, 0.25) is 0 Å². The first-order valence-electron chi connectivity index (χ1n) is 5.24. The van der Waals surface area contributed by atoms with Crippen LogP contribution in [-0.2, 0) is 11.3 Å². The summed E-state index contributed by atoms with van der Waals surface area (Å²) in [5, 5.41) is 0. The third kappa shape index (κ3) is 3.02. The lowest BCUT2D eigenvalue weighted by Crippen LogP contribution is -2.15. The van der Waals surface area contributed by atoms with Crippen molar-refractivity contribution in [1.29, 1.82) is 0 Å². The van der Waals surface area contributed by atoms with Gasteiger partial charge in [0.2, 0.25) is 0 Å². The molecule has 0 atom stereocenters. The van der Waals surface area contributed by atoms with E-state index < -0.39 is 0 Å². The molecular weight excluding hydrogens is 210 g/mol. The highest BCUT2D eigenvalue weighted by Gasteiger charge is 2.07. The third-order valence-electron chi connectivity index (χ3n) is 2.61. The summed E-state index contributed by atoms with van der Waals surface area (Å²) in [4.78, 5) is 23.8. The molecule has 84 valence electrons. The van der Waals surface area contributed by atoms with E-state index in [0.717, 1.165) is 17.0 Å². The number of carbonyl (C=O) groups excluding carboxylic acids is 1. The second kappa shape index (κ2) is 5.26. The van der Waals surface area contributed by atoms with E-state index in [1.165, 1.54) is 11.3 Å². The zero-order valence-corrected chi connectivity index (χ0v) is 10.3. The molecule has 1 aromatic heterocycles. The monoisotopic (exact) mass is 227 g/mol. The molecule has 0 unspecified atom stereocenters. The Morgan fingerprint density at radius 1 is 1.40 bits per heavy atom. The molecule has 0 radical (unpaired) electrons. The fourth-order valence-electron chi connectivity index (χ4n) is 1.46. The lowest BCUT2D eigenvalue weighted by Gasteiger charge is -2.03. The summed E-state index contributed by atoms with van der Waals surface area (Å²) in [5.41, 5.74) is 1.04. The quantitative estimate of drug-likeness (QED) is 0.774. The molecule has 3 nitrogen and oxygen atoms in total. The Bertz CT molecular complexity index is 403. The van der Waals surface area contributed by atoms with Gasteiger partial charge in [-0.05, 0) is 20.3 Å². The second-order valence-corrected chi connectivity index (χ2v) is 4.82. The van der Waals surface area contributed by atoms with E-state index in [4.69, 9.17) is 0 Å². The maximum Gasteiger partial charge on any atom is 0.307 e. The van der Waals surface area contributed by atoms with E-state index in [0.29, 0.717) is 19.4 Å². The van der Waals surface area contributed by atoms with Crippen molar-refractivity contribution < 1.29 is 4.79 Å². The van der Waals surface area contributed by atoms with Crippen LogP contribution in [0, 0.1) is 13.8 Å². The number of ketones is 1. The van der Waals surface area contributed by atoms with Crippen molar-refractivity contribution in [2.45, 2.75) is 46.6 Å². The Hall–Kier alpha value is -0.900. The molecule has 1 rings (SSSR count). The molecule has 0 N–H and O–H groups in total. The van der Waals surface area contributed by atoms with Crippen molar-refractivity contribution >= 4 is 17.1 Å². The molecule has 0 saturated carbocycles. The average Bonchev–Trinajstić information content (AvgIpc) is 2.44. The number of rotatable bonds is 5. The minimum Gasteiger partial charge on any atom is -0.303 e. The van der Waals surface area contributed by atoms with Crippen LogP contribution < -0.4 is 4.87 Å². The molecule has 0 aliphatic carbocycles. The Morgan fingerprint density at radius 2 is 2.07 bits per heavy atom. The van der Waals surface area contributed by atoms with Gasteiger partial charge >= 0.3 is 4.87 Å². The summed E-state index contributed by atoms with van der Waals surface area (Å²) in [5.74, 6) is 0.271. The average molecular weight is 227 g/mol. The van der Waals surface area contributed by atoms with E-state index in [2.05, 4.69) is 0 Å². The maximum absolute atomic E-state index is 11.5. The number of nitrogens with zero attached hydrogens (tertiary/aromatic N) is 1. The Labute approximate surface area is 93.7 Å². The van der Waals surface area contributed by atoms with Crippen molar-refractivity contribution in [3.8, 4) is 0 Å². The zero-order valence-electron chi connectivity index (χ0n) is 9.50. The lowest BCUT2D eigenvalue weighted by atomic mass is 10.2. The van der Waals surface area contributed by atoms with Gasteiger partial charge in [-0.1, -0.05) is 18.3 Å². The fraction of sp³-hybridized carbons (Fsp3) is 0.636.